The molecule has 142 valence electrons. The first-order chi connectivity index (χ1) is 13.7. The minimum atomic E-state index is -0.321. The van der Waals surface area contributed by atoms with Gasteiger partial charge >= 0.3 is 0 Å². The maximum atomic E-state index is 12.8. The molecule has 7 nitrogen and oxygen atoms in total. The molecule has 2 aromatic carbocycles. The molecule has 0 saturated carbocycles. The molecule has 0 unspecified atom stereocenters. The lowest BCUT2D eigenvalue weighted by Gasteiger charge is -2.10. The number of nitrogens with one attached hydrogen (secondary N) is 2. The van der Waals surface area contributed by atoms with Crippen LogP contribution in [0.25, 0.3) is 11.4 Å². The molecule has 0 radical (unpaired) electrons. The highest BCUT2D eigenvalue weighted by molar-refractivity contribution is 6.03. The van der Waals surface area contributed by atoms with Crippen LogP contribution in [0.1, 0.15) is 23.8 Å². The summed E-state index contributed by atoms with van der Waals surface area (Å²) in [5, 5.41) is 6.09. The third-order valence-electron chi connectivity index (χ3n) is 4.18. The molecule has 0 atom stereocenters. The van der Waals surface area contributed by atoms with Crippen LogP contribution in [0, 0.1) is 0 Å². The van der Waals surface area contributed by atoms with Crippen molar-refractivity contribution < 1.29 is 14.3 Å². The Hall–Kier alpha value is -3.61. The van der Waals surface area contributed by atoms with E-state index < -0.39 is 0 Å². The van der Waals surface area contributed by atoms with Crippen molar-refractivity contribution in [3.63, 3.8) is 0 Å². The van der Waals surface area contributed by atoms with E-state index >= 15 is 0 Å². The van der Waals surface area contributed by atoms with Crippen molar-refractivity contribution in [3.8, 4) is 22.9 Å². The first kappa shape index (κ1) is 17.8. The number of amides is 1. The van der Waals surface area contributed by atoms with Gasteiger partial charge in [0.15, 0.2) is 17.3 Å². The number of hydrogen-bond donors (Lipinski definition) is 2. The summed E-state index contributed by atoms with van der Waals surface area (Å²) in [5.41, 5.74) is 1.74. The van der Waals surface area contributed by atoms with Crippen LogP contribution in [0.15, 0.2) is 54.6 Å². The maximum absolute atomic E-state index is 12.8. The second-order valence-electron chi connectivity index (χ2n) is 6.28. The van der Waals surface area contributed by atoms with Crippen molar-refractivity contribution in [1.29, 1.82) is 0 Å². The van der Waals surface area contributed by atoms with Gasteiger partial charge in [0.05, 0.1) is 0 Å². The molecule has 0 aliphatic carbocycles. The fourth-order valence-electron chi connectivity index (χ4n) is 2.79. The van der Waals surface area contributed by atoms with E-state index in [-0.39, 0.29) is 18.4 Å². The van der Waals surface area contributed by atoms with Crippen LogP contribution in [-0.4, -0.2) is 29.2 Å². The molecule has 0 bridgehead atoms. The quantitative estimate of drug-likeness (QED) is 0.678. The minimum Gasteiger partial charge on any atom is -0.454 e. The molecule has 2 heterocycles. The van der Waals surface area contributed by atoms with E-state index in [2.05, 4.69) is 27.5 Å². The fraction of sp³-hybridized carbons (Fsp3) is 0.190. The van der Waals surface area contributed by atoms with Crippen LogP contribution in [0.5, 0.6) is 11.5 Å². The summed E-state index contributed by atoms with van der Waals surface area (Å²) < 4.78 is 10.7. The average molecular weight is 376 g/mol. The maximum Gasteiger partial charge on any atom is 0.274 e. The van der Waals surface area contributed by atoms with E-state index in [1.165, 1.54) is 0 Å². The van der Waals surface area contributed by atoms with Crippen LogP contribution >= 0.6 is 0 Å². The molecule has 2 N–H and O–H groups in total. The second kappa shape index (κ2) is 7.96. The highest BCUT2D eigenvalue weighted by atomic mass is 16.7. The molecule has 1 amide bonds. The number of anilines is 2. The monoisotopic (exact) mass is 376 g/mol. The highest BCUT2D eigenvalue weighted by Crippen LogP contribution is 2.34. The summed E-state index contributed by atoms with van der Waals surface area (Å²) in [4.78, 5) is 21.8. The van der Waals surface area contributed by atoms with E-state index in [9.17, 15) is 4.79 Å². The van der Waals surface area contributed by atoms with E-state index in [1.54, 1.807) is 24.3 Å². The molecule has 7 heteroatoms. The van der Waals surface area contributed by atoms with Crippen molar-refractivity contribution in [2.45, 2.75) is 13.3 Å². The molecule has 28 heavy (non-hydrogen) atoms. The molecule has 0 spiro atoms. The largest absolute Gasteiger partial charge is 0.454 e. The fourth-order valence-corrected chi connectivity index (χ4v) is 2.79. The Morgan fingerprint density at radius 1 is 1.04 bits per heavy atom. The van der Waals surface area contributed by atoms with Gasteiger partial charge in [0.25, 0.3) is 5.91 Å². The molecular formula is C21H20N4O3. The molecule has 4 rings (SSSR count). The average Bonchev–Trinajstić information content (AvgIpc) is 3.20. The zero-order valence-electron chi connectivity index (χ0n) is 15.4. The van der Waals surface area contributed by atoms with Gasteiger partial charge in [0.1, 0.15) is 11.5 Å². The summed E-state index contributed by atoms with van der Waals surface area (Å²) in [6.07, 6.45) is 0.948. The Morgan fingerprint density at radius 3 is 2.68 bits per heavy atom. The highest BCUT2D eigenvalue weighted by Gasteiger charge is 2.17. The molecular weight excluding hydrogens is 356 g/mol. The number of nitrogens with zero attached hydrogens (tertiary/aromatic N) is 2. The predicted octanol–water partition coefficient (Wildman–Crippen LogP) is 3.95. The van der Waals surface area contributed by atoms with Gasteiger partial charge in [-0.25, -0.2) is 9.97 Å². The van der Waals surface area contributed by atoms with Crippen molar-refractivity contribution in [2.24, 2.45) is 0 Å². The summed E-state index contributed by atoms with van der Waals surface area (Å²) >= 11 is 0. The number of benzene rings is 2. The zero-order chi connectivity index (χ0) is 19.3. The first-order valence-electron chi connectivity index (χ1n) is 9.12. The lowest BCUT2D eigenvalue weighted by Crippen LogP contribution is -2.16. The number of hydrogen-bond acceptors (Lipinski definition) is 6. The Morgan fingerprint density at radius 2 is 1.86 bits per heavy atom. The molecule has 1 aromatic heterocycles. The van der Waals surface area contributed by atoms with Crippen molar-refractivity contribution in [3.05, 3.63) is 60.3 Å². The number of ether oxygens (including phenoxy) is 2. The van der Waals surface area contributed by atoms with Crippen LogP contribution in [0.2, 0.25) is 0 Å². The van der Waals surface area contributed by atoms with Crippen molar-refractivity contribution >= 4 is 17.4 Å². The normalized spacial score (nSPS) is 11.9. The van der Waals surface area contributed by atoms with Crippen molar-refractivity contribution in [2.75, 3.05) is 24.0 Å². The van der Waals surface area contributed by atoms with E-state index in [1.807, 2.05) is 30.3 Å². The van der Waals surface area contributed by atoms with Crippen LogP contribution < -0.4 is 20.1 Å². The number of carbonyl (C=O) groups is 1. The number of rotatable bonds is 6. The van der Waals surface area contributed by atoms with Gasteiger partial charge in [-0.15, -0.1) is 0 Å². The van der Waals surface area contributed by atoms with Gasteiger partial charge in [-0.3, -0.25) is 4.79 Å². The van der Waals surface area contributed by atoms with Gasteiger partial charge < -0.3 is 20.1 Å². The van der Waals surface area contributed by atoms with Crippen LogP contribution in [0.4, 0.5) is 11.5 Å². The summed E-state index contributed by atoms with van der Waals surface area (Å²) in [6, 6.07) is 16.5. The SMILES string of the molecule is CCCNc1cc(C(=O)Nc2ccc3c(c2)OCO3)nc(-c2ccccc2)n1. The Balaban J connectivity index is 1.62. The second-order valence-corrected chi connectivity index (χ2v) is 6.28. The Kier molecular flexibility index (Phi) is 5.05. The summed E-state index contributed by atoms with van der Waals surface area (Å²) in [6.45, 7) is 3.01. The number of fused-ring (bicyclic) bond motifs is 1. The van der Waals surface area contributed by atoms with Crippen LogP contribution in [-0.2, 0) is 0 Å². The van der Waals surface area contributed by atoms with Crippen molar-refractivity contribution in [1.82, 2.24) is 9.97 Å². The molecule has 0 saturated heterocycles. The molecule has 1 aliphatic heterocycles. The lowest BCUT2D eigenvalue weighted by molar-refractivity contribution is 0.102. The summed E-state index contributed by atoms with van der Waals surface area (Å²) in [7, 11) is 0. The van der Waals surface area contributed by atoms with E-state index in [4.69, 9.17) is 9.47 Å². The minimum absolute atomic E-state index is 0.186. The molecule has 0 fully saturated rings. The number of carbonyl (C=O) groups excluding carboxylic acids is 1. The smallest absolute Gasteiger partial charge is 0.274 e. The molecule has 3 aromatic rings. The third kappa shape index (κ3) is 3.88. The third-order valence-corrected chi connectivity index (χ3v) is 4.18. The van der Waals surface area contributed by atoms with Crippen LogP contribution in [0.3, 0.4) is 0 Å². The van der Waals surface area contributed by atoms with Gasteiger partial charge in [-0.2, -0.15) is 0 Å². The Labute approximate surface area is 162 Å². The predicted molar refractivity (Wildman–Crippen MR) is 107 cm³/mol. The lowest BCUT2D eigenvalue weighted by atomic mass is 10.2. The van der Waals surface area contributed by atoms with Gasteiger partial charge in [-0.05, 0) is 18.6 Å². The number of aromatic nitrogens is 2. The summed E-state index contributed by atoms with van der Waals surface area (Å²) in [5.74, 6) is 2.07. The zero-order valence-corrected chi connectivity index (χ0v) is 15.4. The van der Waals surface area contributed by atoms with Gasteiger partial charge in [-0.1, -0.05) is 37.3 Å². The standard InChI is InChI=1S/C21H20N4O3/c1-2-10-22-19-12-16(24-20(25-19)14-6-4-3-5-7-14)21(26)23-15-8-9-17-18(11-15)28-13-27-17/h3-9,11-12H,2,10,13H2,1H3,(H,23,26)(H,22,24,25). The molecule has 1 aliphatic rings. The van der Waals surface area contributed by atoms with E-state index in [0.29, 0.717) is 28.8 Å². The van der Waals surface area contributed by atoms with E-state index in [0.717, 1.165) is 18.5 Å². The first-order valence-corrected chi connectivity index (χ1v) is 9.12. The van der Waals surface area contributed by atoms with Gasteiger partial charge in [0, 0.05) is 29.9 Å². The Bertz CT molecular complexity index is 992. The van der Waals surface area contributed by atoms with Gasteiger partial charge in [0.2, 0.25) is 6.79 Å². The topological polar surface area (TPSA) is 85.4 Å².